The standard InChI is InChI=1S/C44H34/c1-43(2)39-12-8-7-11-35(39)37-25-38-36-20-19-34(24-40(36)44(3,4)42(38)26-41(37)43)33-18-17-31-22-30(15-16-32(31)23-33)29-14-13-27-9-5-6-10-28(27)21-29/h5-26H,1-4H3. The molecule has 7 aromatic carbocycles. The molecule has 2 aliphatic carbocycles. The zero-order valence-corrected chi connectivity index (χ0v) is 25.7. The molecule has 0 nitrogen and oxygen atoms in total. The van der Waals surface area contributed by atoms with E-state index in [0.717, 1.165) is 0 Å². The summed E-state index contributed by atoms with van der Waals surface area (Å²) in [6.45, 7) is 9.55. The summed E-state index contributed by atoms with van der Waals surface area (Å²) in [6, 6.07) is 50.2. The van der Waals surface area contributed by atoms with Gasteiger partial charge in [-0.15, -0.1) is 0 Å². The Balaban J connectivity index is 1.10. The summed E-state index contributed by atoms with van der Waals surface area (Å²) in [7, 11) is 0. The minimum Gasteiger partial charge on any atom is -0.0619 e. The molecule has 0 saturated carbocycles. The Morgan fingerprint density at radius 3 is 1.39 bits per heavy atom. The Morgan fingerprint density at radius 2 is 0.727 bits per heavy atom. The fraction of sp³-hybridized carbons (Fsp3) is 0.136. The van der Waals surface area contributed by atoms with Gasteiger partial charge in [0.15, 0.2) is 0 Å². The van der Waals surface area contributed by atoms with Crippen molar-refractivity contribution in [2.45, 2.75) is 38.5 Å². The fourth-order valence-corrected chi connectivity index (χ4v) is 8.08. The Bertz CT molecular complexity index is 2330. The third-order valence-corrected chi connectivity index (χ3v) is 10.6. The topological polar surface area (TPSA) is 0 Å². The van der Waals surface area contributed by atoms with E-state index in [0.29, 0.717) is 0 Å². The highest BCUT2D eigenvalue weighted by molar-refractivity contribution is 5.95. The van der Waals surface area contributed by atoms with Crippen molar-refractivity contribution in [2.75, 3.05) is 0 Å². The lowest BCUT2D eigenvalue weighted by molar-refractivity contribution is 0.639. The van der Waals surface area contributed by atoms with Crippen LogP contribution in [0.4, 0.5) is 0 Å². The van der Waals surface area contributed by atoms with Gasteiger partial charge in [-0.2, -0.15) is 0 Å². The van der Waals surface area contributed by atoms with Gasteiger partial charge in [-0.1, -0.05) is 131 Å². The lowest BCUT2D eigenvalue weighted by Crippen LogP contribution is -2.18. The van der Waals surface area contributed by atoms with Crippen LogP contribution in [0.1, 0.15) is 49.9 Å². The zero-order valence-electron chi connectivity index (χ0n) is 25.7. The van der Waals surface area contributed by atoms with Gasteiger partial charge in [0.2, 0.25) is 0 Å². The van der Waals surface area contributed by atoms with E-state index in [-0.39, 0.29) is 10.8 Å². The molecule has 0 amide bonds. The van der Waals surface area contributed by atoms with E-state index in [1.54, 1.807) is 0 Å². The number of hydrogen-bond donors (Lipinski definition) is 0. The number of hydrogen-bond acceptors (Lipinski definition) is 0. The number of rotatable bonds is 2. The van der Waals surface area contributed by atoms with Gasteiger partial charge in [0, 0.05) is 10.8 Å². The van der Waals surface area contributed by atoms with Crippen LogP contribution in [0.2, 0.25) is 0 Å². The van der Waals surface area contributed by atoms with Crippen LogP contribution in [-0.2, 0) is 10.8 Å². The summed E-state index contributed by atoms with van der Waals surface area (Å²) in [5.74, 6) is 0. The highest BCUT2D eigenvalue weighted by atomic mass is 14.4. The van der Waals surface area contributed by atoms with Crippen molar-refractivity contribution in [3.8, 4) is 44.5 Å². The Hall–Kier alpha value is -4.94. The molecule has 0 heteroatoms. The number of fused-ring (bicyclic) bond motifs is 8. The largest absolute Gasteiger partial charge is 0.0619 e. The molecule has 0 spiro atoms. The summed E-state index contributed by atoms with van der Waals surface area (Å²) in [5, 5.41) is 5.10. The van der Waals surface area contributed by atoms with E-state index >= 15 is 0 Å². The second kappa shape index (κ2) is 8.80. The van der Waals surface area contributed by atoms with E-state index < -0.39 is 0 Å². The van der Waals surface area contributed by atoms with Gasteiger partial charge in [-0.05, 0) is 119 Å². The van der Waals surface area contributed by atoms with Gasteiger partial charge in [0.05, 0.1) is 0 Å². The molecule has 44 heavy (non-hydrogen) atoms. The van der Waals surface area contributed by atoms with Crippen molar-refractivity contribution >= 4 is 21.5 Å². The van der Waals surface area contributed by atoms with Gasteiger partial charge in [0.1, 0.15) is 0 Å². The van der Waals surface area contributed by atoms with E-state index in [4.69, 9.17) is 0 Å². The van der Waals surface area contributed by atoms with Crippen LogP contribution < -0.4 is 0 Å². The fourth-order valence-electron chi connectivity index (χ4n) is 8.08. The maximum absolute atomic E-state index is 2.52. The molecule has 0 bridgehead atoms. The molecular weight excluding hydrogens is 528 g/mol. The molecule has 7 aromatic rings. The van der Waals surface area contributed by atoms with E-state index in [9.17, 15) is 0 Å². The molecule has 0 atom stereocenters. The first-order chi connectivity index (χ1) is 21.3. The summed E-state index contributed by atoms with van der Waals surface area (Å²) in [5.41, 5.74) is 16.3. The molecule has 9 rings (SSSR count). The van der Waals surface area contributed by atoms with Crippen LogP contribution in [0.3, 0.4) is 0 Å². The average molecular weight is 563 g/mol. The van der Waals surface area contributed by atoms with Crippen molar-refractivity contribution < 1.29 is 0 Å². The van der Waals surface area contributed by atoms with Gasteiger partial charge in [0.25, 0.3) is 0 Å². The molecule has 0 fully saturated rings. The third kappa shape index (κ3) is 3.52. The minimum atomic E-state index is -0.0633. The van der Waals surface area contributed by atoms with Gasteiger partial charge < -0.3 is 0 Å². The predicted molar refractivity (Wildman–Crippen MR) is 187 cm³/mol. The molecule has 0 aliphatic heterocycles. The third-order valence-electron chi connectivity index (χ3n) is 10.6. The van der Waals surface area contributed by atoms with Crippen LogP contribution in [0, 0.1) is 0 Å². The first-order valence-corrected chi connectivity index (χ1v) is 15.8. The second-order valence-electron chi connectivity index (χ2n) is 13.8. The van der Waals surface area contributed by atoms with Crippen LogP contribution >= 0.6 is 0 Å². The molecule has 0 saturated heterocycles. The monoisotopic (exact) mass is 562 g/mol. The van der Waals surface area contributed by atoms with Crippen molar-refractivity contribution in [2.24, 2.45) is 0 Å². The molecule has 210 valence electrons. The Morgan fingerprint density at radius 1 is 0.295 bits per heavy atom. The van der Waals surface area contributed by atoms with Crippen molar-refractivity contribution in [1.82, 2.24) is 0 Å². The summed E-state index contributed by atoms with van der Waals surface area (Å²) in [6.07, 6.45) is 0. The molecule has 2 aliphatic rings. The Labute approximate surface area is 259 Å². The molecular formula is C44H34. The first kappa shape index (κ1) is 25.5. The summed E-state index contributed by atoms with van der Waals surface area (Å²) >= 11 is 0. The SMILES string of the molecule is CC1(C)c2ccccc2-c2cc3c(cc21)C(C)(C)c1cc(-c2ccc4cc(-c5ccc6ccccc6c5)ccc4c2)ccc1-3. The van der Waals surface area contributed by atoms with Crippen molar-refractivity contribution in [3.05, 3.63) is 156 Å². The number of benzene rings is 7. The van der Waals surface area contributed by atoms with Crippen molar-refractivity contribution in [1.29, 1.82) is 0 Å². The van der Waals surface area contributed by atoms with Gasteiger partial charge in [-0.3, -0.25) is 0 Å². The molecule has 0 heterocycles. The molecule has 0 N–H and O–H groups in total. The summed E-state index contributed by atoms with van der Waals surface area (Å²) in [4.78, 5) is 0. The normalized spacial score (nSPS) is 15.2. The van der Waals surface area contributed by atoms with E-state index in [1.807, 2.05) is 0 Å². The maximum atomic E-state index is 2.52. The quantitative estimate of drug-likeness (QED) is 0.197. The Kier molecular flexibility index (Phi) is 5.11. The van der Waals surface area contributed by atoms with E-state index in [1.165, 1.54) is 88.3 Å². The highest BCUT2D eigenvalue weighted by Gasteiger charge is 2.41. The lowest BCUT2D eigenvalue weighted by atomic mass is 9.77. The molecule has 0 aromatic heterocycles. The zero-order chi connectivity index (χ0) is 29.8. The second-order valence-corrected chi connectivity index (χ2v) is 13.8. The predicted octanol–water partition coefficient (Wildman–Crippen LogP) is 11.9. The van der Waals surface area contributed by atoms with Gasteiger partial charge in [-0.25, -0.2) is 0 Å². The van der Waals surface area contributed by atoms with Gasteiger partial charge >= 0.3 is 0 Å². The van der Waals surface area contributed by atoms with E-state index in [2.05, 4.69) is 161 Å². The molecule has 0 unspecified atom stereocenters. The highest BCUT2D eigenvalue weighted by Crippen LogP contribution is 2.56. The minimum absolute atomic E-state index is 0.0101. The smallest absolute Gasteiger partial charge is 0.0159 e. The lowest BCUT2D eigenvalue weighted by Gasteiger charge is -2.26. The van der Waals surface area contributed by atoms with Crippen LogP contribution in [0.5, 0.6) is 0 Å². The molecule has 0 radical (unpaired) electrons. The maximum Gasteiger partial charge on any atom is 0.0159 e. The van der Waals surface area contributed by atoms with Crippen LogP contribution in [0.25, 0.3) is 66.1 Å². The average Bonchev–Trinajstić information content (AvgIpc) is 3.42. The van der Waals surface area contributed by atoms with Crippen LogP contribution in [0.15, 0.2) is 133 Å². The van der Waals surface area contributed by atoms with Crippen molar-refractivity contribution in [3.63, 3.8) is 0 Å². The van der Waals surface area contributed by atoms with Crippen LogP contribution in [-0.4, -0.2) is 0 Å². The first-order valence-electron chi connectivity index (χ1n) is 15.8. The summed E-state index contributed by atoms with van der Waals surface area (Å²) < 4.78 is 0.